The lowest BCUT2D eigenvalue weighted by molar-refractivity contribution is 0.239. The van der Waals surface area contributed by atoms with Gasteiger partial charge in [-0.15, -0.1) is 24.0 Å². The minimum Gasteiger partial charge on any atom is -0.496 e. The van der Waals surface area contributed by atoms with E-state index in [1.54, 1.807) is 7.11 Å². The first-order chi connectivity index (χ1) is 15.1. The van der Waals surface area contributed by atoms with E-state index in [4.69, 9.17) is 4.74 Å². The van der Waals surface area contributed by atoms with Gasteiger partial charge < -0.3 is 20.3 Å². The molecule has 1 unspecified atom stereocenters. The van der Waals surface area contributed by atoms with Crippen LogP contribution in [0.1, 0.15) is 35.6 Å². The van der Waals surface area contributed by atoms with E-state index in [1.165, 1.54) is 29.5 Å². The predicted molar refractivity (Wildman–Crippen MR) is 144 cm³/mol. The highest BCUT2D eigenvalue weighted by Gasteiger charge is 2.26. The van der Waals surface area contributed by atoms with Crippen molar-refractivity contribution in [2.45, 2.75) is 32.0 Å². The quantitative estimate of drug-likeness (QED) is 0.282. The van der Waals surface area contributed by atoms with Gasteiger partial charge in [-0.2, -0.15) is 0 Å². The van der Waals surface area contributed by atoms with Gasteiger partial charge in [-0.05, 0) is 57.2 Å². The van der Waals surface area contributed by atoms with Crippen molar-refractivity contribution in [2.75, 3.05) is 47.9 Å². The Hall–Kier alpha value is -1.84. The van der Waals surface area contributed by atoms with Crippen molar-refractivity contribution in [3.63, 3.8) is 0 Å². The fourth-order valence-corrected chi connectivity index (χ4v) is 4.16. The Morgan fingerprint density at radius 3 is 2.31 bits per heavy atom. The first-order valence-corrected chi connectivity index (χ1v) is 11.1. The fourth-order valence-electron chi connectivity index (χ4n) is 4.16. The number of halogens is 1. The summed E-state index contributed by atoms with van der Waals surface area (Å²) in [5, 5.41) is 6.99. The molecule has 176 valence electrons. The highest BCUT2D eigenvalue weighted by atomic mass is 127. The molecular weight excluding hydrogens is 513 g/mol. The van der Waals surface area contributed by atoms with Crippen LogP contribution in [0.25, 0.3) is 0 Å². The van der Waals surface area contributed by atoms with E-state index >= 15 is 0 Å². The maximum atomic E-state index is 5.65. The zero-order chi connectivity index (χ0) is 22.1. The molecule has 1 saturated heterocycles. The molecule has 0 aliphatic carbocycles. The van der Waals surface area contributed by atoms with Crippen molar-refractivity contribution in [2.24, 2.45) is 4.99 Å². The van der Waals surface area contributed by atoms with Crippen molar-refractivity contribution in [3.8, 4) is 5.75 Å². The average molecular weight is 552 g/mol. The summed E-state index contributed by atoms with van der Waals surface area (Å²) < 4.78 is 5.65. The fraction of sp³-hybridized carbons (Fsp3) is 0.480. The van der Waals surface area contributed by atoms with Crippen molar-refractivity contribution in [1.29, 1.82) is 0 Å². The second-order valence-corrected chi connectivity index (χ2v) is 8.36. The maximum absolute atomic E-state index is 5.65. The lowest BCUT2D eigenvalue weighted by atomic mass is 10.0. The summed E-state index contributed by atoms with van der Waals surface area (Å²) in [5.74, 6) is 1.76. The monoisotopic (exact) mass is 551 g/mol. The van der Waals surface area contributed by atoms with Gasteiger partial charge in [0.05, 0.1) is 13.2 Å². The molecule has 32 heavy (non-hydrogen) atoms. The standard InChI is InChI=1S/C25H37N5O.HI/c1-26-25(27-17-20-11-13-21(14-12-20)19-29(2)3)28-18-23(30-15-7-8-16-30)22-9-5-6-10-24(22)31-4;/h5-6,9-14,23H,7-8,15-19H2,1-4H3,(H2,26,27,28);1H. The molecule has 0 bridgehead atoms. The number of para-hydroxylation sites is 1. The number of hydrogen-bond acceptors (Lipinski definition) is 4. The average Bonchev–Trinajstić information content (AvgIpc) is 3.31. The van der Waals surface area contributed by atoms with Crippen LogP contribution >= 0.6 is 24.0 Å². The van der Waals surface area contributed by atoms with Crippen LogP contribution < -0.4 is 15.4 Å². The van der Waals surface area contributed by atoms with Gasteiger partial charge >= 0.3 is 0 Å². The van der Waals surface area contributed by atoms with Gasteiger partial charge in [0, 0.05) is 32.2 Å². The van der Waals surface area contributed by atoms with Crippen LogP contribution in [0, 0.1) is 0 Å². The largest absolute Gasteiger partial charge is 0.496 e. The highest BCUT2D eigenvalue weighted by Crippen LogP contribution is 2.31. The highest BCUT2D eigenvalue weighted by molar-refractivity contribution is 14.0. The molecule has 0 saturated carbocycles. The van der Waals surface area contributed by atoms with Gasteiger partial charge in [0.1, 0.15) is 5.75 Å². The predicted octanol–water partition coefficient (Wildman–Crippen LogP) is 3.88. The minimum atomic E-state index is 0. The minimum absolute atomic E-state index is 0. The Bertz CT molecular complexity index is 834. The van der Waals surface area contributed by atoms with E-state index in [9.17, 15) is 0 Å². The zero-order valence-electron chi connectivity index (χ0n) is 19.8. The Balaban J connectivity index is 0.00000363. The molecule has 0 spiro atoms. The van der Waals surface area contributed by atoms with Crippen LogP contribution in [0.4, 0.5) is 0 Å². The van der Waals surface area contributed by atoms with E-state index in [-0.39, 0.29) is 30.0 Å². The molecule has 1 atom stereocenters. The Labute approximate surface area is 210 Å². The molecule has 6 nitrogen and oxygen atoms in total. The van der Waals surface area contributed by atoms with E-state index < -0.39 is 0 Å². The topological polar surface area (TPSA) is 52.1 Å². The smallest absolute Gasteiger partial charge is 0.191 e. The number of ether oxygens (including phenoxy) is 1. The lowest BCUT2D eigenvalue weighted by Gasteiger charge is -2.30. The molecule has 3 rings (SSSR count). The van der Waals surface area contributed by atoms with Crippen LogP contribution in [0.2, 0.25) is 0 Å². The number of rotatable bonds is 9. The Kier molecular flexibility index (Phi) is 11.3. The second-order valence-electron chi connectivity index (χ2n) is 8.36. The lowest BCUT2D eigenvalue weighted by Crippen LogP contribution is -2.42. The summed E-state index contributed by atoms with van der Waals surface area (Å²) in [6.07, 6.45) is 2.50. The number of nitrogens with zero attached hydrogens (tertiary/aromatic N) is 3. The zero-order valence-corrected chi connectivity index (χ0v) is 22.1. The molecule has 2 N–H and O–H groups in total. The number of benzene rings is 2. The van der Waals surface area contributed by atoms with Crippen molar-refractivity contribution in [1.82, 2.24) is 20.4 Å². The Morgan fingerprint density at radius 1 is 1.03 bits per heavy atom. The number of guanidine groups is 1. The van der Waals surface area contributed by atoms with Gasteiger partial charge in [0.15, 0.2) is 5.96 Å². The van der Waals surface area contributed by atoms with Crippen LogP contribution in [0.5, 0.6) is 5.75 Å². The van der Waals surface area contributed by atoms with Crippen LogP contribution in [0.3, 0.4) is 0 Å². The molecular formula is C25H38IN5O. The van der Waals surface area contributed by atoms with Crippen LogP contribution in [-0.2, 0) is 13.1 Å². The molecule has 1 aliphatic rings. The summed E-state index contributed by atoms with van der Waals surface area (Å²) in [7, 11) is 7.75. The molecule has 2 aromatic rings. The summed E-state index contributed by atoms with van der Waals surface area (Å²) in [4.78, 5) is 9.15. The molecule has 0 radical (unpaired) electrons. The molecule has 1 fully saturated rings. The normalized spacial score (nSPS) is 15.3. The molecule has 2 aromatic carbocycles. The van der Waals surface area contributed by atoms with E-state index in [0.717, 1.165) is 44.4 Å². The number of likely N-dealkylation sites (tertiary alicyclic amines) is 1. The van der Waals surface area contributed by atoms with E-state index in [0.29, 0.717) is 0 Å². The van der Waals surface area contributed by atoms with E-state index in [2.05, 4.69) is 75.9 Å². The molecule has 7 heteroatoms. The van der Waals surface area contributed by atoms with Gasteiger partial charge in [-0.25, -0.2) is 0 Å². The number of aliphatic imine (C=N–C) groups is 1. The van der Waals surface area contributed by atoms with E-state index in [1.807, 2.05) is 19.2 Å². The number of methoxy groups -OCH3 is 1. The van der Waals surface area contributed by atoms with Gasteiger partial charge in [0.25, 0.3) is 0 Å². The van der Waals surface area contributed by atoms with Crippen molar-refractivity contribution in [3.05, 3.63) is 65.2 Å². The summed E-state index contributed by atoms with van der Waals surface area (Å²) in [6, 6.07) is 17.3. The summed E-state index contributed by atoms with van der Waals surface area (Å²) in [5.41, 5.74) is 3.79. The van der Waals surface area contributed by atoms with Gasteiger partial charge in [-0.1, -0.05) is 42.5 Å². The number of hydrogen-bond donors (Lipinski definition) is 2. The first kappa shape index (κ1) is 26.4. The molecule has 1 heterocycles. The van der Waals surface area contributed by atoms with Crippen molar-refractivity contribution < 1.29 is 4.74 Å². The summed E-state index contributed by atoms with van der Waals surface area (Å²) in [6.45, 7) is 4.72. The number of nitrogens with one attached hydrogen (secondary N) is 2. The third-order valence-electron chi connectivity index (χ3n) is 5.75. The molecule has 0 amide bonds. The van der Waals surface area contributed by atoms with Gasteiger partial charge in [0.2, 0.25) is 0 Å². The Morgan fingerprint density at radius 2 is 1.69 bits per heavy atom. The first-order valence-electron chi connectivity index (χ1n) is 11.1. The SMILES string of the molecule is CN=C(NCc1ccc(CN(C)C)cc1)NCC(c1ccccc1OC)N1CCCC1.I. The second kappa shape index (κ2) is 13.6. The molecule has 0 aromatic heterocycles. The van der Waals surface area contributed by atoms with Crippen LogP contribution in [0.15, 0.2) is 53.5 Å². The van der Waals surface area contributed by atoms with Crippen LogP contribution in [-0.4, -0.2) is 63.6 Å². The van der Waals surface area contributed by atoms with Gasteiger partial charge in [-0.3, -0.25) is 9.89 Å². The summed E-state index contributed by atoms with van der Waals surface area (Å²) >= 11 is 0. The van der Waals surface area contributed by atoms with Crippen molar-refractivity contribution >= 4 is 29.9 Å². The molecule has 1 aliphatic heterocycles. The third-order valence-corrected chi connectivity index (χ3v) is 5.75. The third kappa shape index (κ3) is 7.64. The maximum Gasteiger partial charge on any atom is 0.191 e.